The molecule has 1 saturated heterocycles. The molecule has 11 heteroatoms. The van der Waals surface area contributed by atoms with Crippen molar-refractivity contribution in [1.82, 2.24) is 0 Å². The molecule has 0 bridgehead atoms. The number of benzene rings is 3. The summed E-state index contributed by atoms with van der Waals surface area (Å²) in [4.78, 5) is 16.0. The number of ketones is 1. The first-order valence-corrected chi connectivity index (χ1v) is 22.9. The molecule has 5 fully saturated rings. The monoisotopic (exact) mass is 798 g/mol. The van der Waals surface area contributed by atoms with Crippen LogP contribution in [0, 0.1) is 58.2 Å². The third-order valence-electron chi connectivity index (χ3n) is 16.2. The maximum atomic E-state index is 13.8. The second-order valence-corrected chi connectivity index (χ2v) is 21.3. The van der Waals surface area contributed by atoms with E-state index >= 15 is 0 Å². The highest BCUT2D eigenvalue weighted by Gasteiger charge is 2.64. The van der Waals surface area contributed by atoms with E-state index in [4.69, 9.17) is 9.31 Å². The molecule has 1 heterocycles. The molecule has 0 amide bonds. The predicted molar refractivity (Wildman–Crippen MR) is 227 cm³/mol. The van der Waals surface area contributed by atoms with Gasteiger partial charge in [0.25, 0.3) is 10.0 Å². The summed E-state index contributed by atoms with van der Waals surface area (Å²) in [6.45, 7) is 13.8. The first-order valence-electron chi connectivity index (χ1n) is 21.5. The van der Waals surface area contributed by atoms with Crippen LogP contribution in [0.4, 0.5) is 11.4 Å². The van der Waals surface area contributed by atoms with E-state index < -0.39 is 29.3 Å². The molecule has 3 aromatic carbocycles. The SMILES string of the molecule is CC(C)[C@H](C)[C@H]1OB(c2ccc(NS(=O)(=O)c3cccc4c(N(C)C)cccc34)cc2)O[C@@H]1[C@@H](C)[C@H]1CC[C@H]2[C@@H]3CC(=O)[C@H]4C[C@H](O)[C@H](O)C[C@]4(C)[C@H]3CC[C@]12C. The average Bonchev–Trinajstić information content (AvgIpc) is 3.77. The third-order valence-corrected chi connectivity index (χ3v) is 17.7. The summed E-state index contributed by atoms with van der Waals surface area (Å²) in [6, 6.07) is 18.5. The van der Waals surface area contributed by atoms with Gasteiger partial charge in [0.2, 0.25) is 0 Å². The molecule has 3 N–H and O–H groups in total. The Bertz CT molecular complexity index is 2100. The molecular formula is C46H63BN2O7S. The van der Waals surface area contributed by atoms with Crippen LogP contribution in [0.3, 0.4) is 0 Å². The van der Waals surface area contributed by atoms with Crippen molar-refractivity contribution in [1.29, 1.82) is 0 Å². The van der Waals surface area contributed by atoms with Gasteiger partial charge >= 0.3 is 7.12 Å². The molecule has 5 aliphatic rings. The number of nitrogens with zero attached hydrogens (tertiary/aromatic N) is 1. The number of carbonyl (C=O) groups is 1. The summed E-state index contributed by atoms with van der Waals surface area (Å²) in [5, 5.41) is 22.8. The van der Waals surface area contributed by atoms with Crippen LogP contribution in [0.15, 0.2) is 65.6 Å². The smallest absolute Gasteiger partial charge is 0.402 e. The van der Waals surface area contributed by atoms with E-state index in [-0.39, 0.29) is 51.5 Å². The van der Waals surface area contributed by atoms with Crippen molar-refractivity contribution in [3.8, 4) is 0 Å². The Hall–Kier alpha value is -2.96. The summed E-state index contributed by atoms with van der Waals surface area (Å²) in [5.74, 6) is 2.54. The van der Waals surface area contributed by atoms with Crippen LogP contribution in [0.2, 0.25) is 0 Å². The lowest BCUT2D eigenvalue weighted by molar-refractivity contribution is -0.174. The van der Waals surface area contributed by atoms with Gasteiger partial charge in [0.15, 0.2) is 0 Å². The van der Waals surface area contributed by atoms with Gasteiger partial charge in [-0.3, -0.25) is 9.52 Å². The van der Waals surface area contributed by atoms with Gasteiger partial charge in [0, 0.05) is 48.6 Å². The van der Waals surface area contributed by atoms with Crippen LogP contribution in [0.1, 0.15) is 86.5 Å². The molecule has 1 aliphatic heterocycles. The molecule has 13 atom stereocenters. The molecule has 308 valence electrons. The summed E-state index contributed by atoms with van der Waals surface area (Å²) < 4.78 is 44.2. The Balaban J connectivity index is 1.00. The topological polar surface area (TPSA) is 125 Å². The summed E-state index contributed by atoms with van der Waals surface area (Å²) in [5.41, 5.74) is 2.08. The first kappa shape index (κ1) is 40.8. The largest absolute Gasteiger partial charge is 0.494 e. The number of anilines is 2. The van der Waals surface area contributed by atoms with E-state index in [2.05, 4.69) is 46.3 Å². The van der Waals surface area contributed by atoms with E-state index in [1.807, 2.05) is 55.4 Å². The fraction of sp³-hybridized carbons (Fsp3) is 0.630. The number of fused-ring (bicyclic) bond motifs is 6. The number of sulfonamides is 1. The maximum Gasteiger partial charge on any atom is 0.494 e. The molecule has 9 nitrogen and oxygen atoms in total. The van der Waals surface area contributed by atoms with E-state index in [0.29, 0.717) is 59.9 Å². The zero-order valence-electron chi connectivity index (χ0n) is 35.0. The Labute approximate surface area is 340 Å². The maximum absolute atomic E-state index is 13.8. The Morgan fingerprint density at radius 3 is 2.21 bits per heavy atom. The highest BCUT2D eigenvalue weighted by molar-refractivity contribution is 7.93. The zero-order valence-corrected chi connectivity index (χ0v) is 35.8. The number of nitrogens with one attached hydrogen (secondary N) is 1. The van der Waals surface area contributed by atoms with Gasteiger partial charge < -0.3 is 24.4 Å². The molecule has 0 radical (unpaired) electrons. The van der Waals surface area contributed by atoms with Crippen LogP contribution in [0.25, 0.3) is 10.8 Å². The van der Waals surface area contributed by atoms with E-state index in [0.717, 1.165) is 42.2 Å². The number of aliphatic hydroxyl groups is 2. The molecule has 4 aliphatic carbocycles. The number of hydrogen-bond acceptors (Lipinski definition) is 8. The van der Waals surface area contributed by atoms with Crippen molar-refractivity contribution >= 4 is 50.5 Å². The van der Waals surface area contributed by atoms with Crippen LogP contribution >= 0.6 is 0 Å². The van der Waals surface area contributed by atoms with Crippen molar-refractivity contribution in [3.05, 3.63) is 60.7 Å². The summed E-state index contributed by atoms with van der Waals surface area (Å²) in [6.07, 6.45) is 4.03. The van der Waals surface area contributed by atoms with Crippen LogP contribution in [0.5, 0.6) is 0 Å². The number of Topliss-reactive ketones (excluding diaryl/α,β-unsaturated/α-hetero) is 1. The summed E-state index contributed by atoms with van der Waals surface area (Å²) in [7, 11) is -0.557. The molecule has 0 aromatic heterocycles. The number of hydrogen-bond donors (Lipinski definition) is 3. The number of rotatable bonds is 9. The van der Waals surface area contributed by atoms with E-state index in [1.54, 1.807) is 24.3 Å². The highest BCUT2D eigenvalue weighted by Crippen LogP contribution is 2.68. The van der Waals surface area contributed by atoms with Crippen LogP contribution in [-0.2, 0) is 24.1 Å². The standard InChI is InChI=1S/C46H63BN2O7S/c1-26(2)27(3)43-44(28(4)34-19-20-35-33-23-39(50)37-24-40(51)41(52)25-46(37,6)36(33)21-22-45(34,35)5)56-47(55-43)29-15-17-30(18-16-29)48-57(53,54)42-14-10-11-31-32(42)12-9-13-38(31)49(7)8/h9-18,26-28,33-37,40-41,43-44,48,51-52H,19-25H2,1-8H3/t27-,28-,33-,34+,35-,36-,37+,40-,41+,43+,44+,45+,46+/m0/s1. The fourth-order valence-corrected chi connectivity index (χ4v) is 14.1. The highest BCUT2D eigenvalue weighted by atomic mass is 32.2. The van der Waals surface area contributed by atoms with E-state index in [9.17, 15) is 23.4 Å². The van der Waals surface area contributed by atoms with Gasteiger partial charge in [-0.15, -0.1) is 0 Å². The quantitative estimate of drug-likeness (QED) is 0.193. The minimum atomic E-state index is -3.88. The minimum Gasteiger partial charge on any atom is -0.402 e. The van der Waals surface area contributed by atoms with Crippen molar-refractivity contribution < 1.29 is 32.7 Å². The lowest BCUT2D eigenvalue weighted by Crippen LogP contribution is -2.59. The number of aliphatic hydroxyl groups excluding tert-OH is 2. The van der Waals surface area contributed by atoms with Crippen molar-refractivity contribution in [2.75, 3.05) is 23.7 Å². The van der Waals surface area contributed by atoms with Gasteiger partial charge in [-0.2, -0.15) is 0 Å². The molecular weight excluding hydrogens is 735 g/mol. The van der Waals surface area contributed by atoms with Gasteiger partial charge in [-0.05, 0) is 121 Å². The van der Waals surface area contributed by atoms with Crippen LogP contribution < -0.4 is 15.1 Å². The van der Waals surface area contributed by atoms with Gasteiger partial charge in [0.1, 0.15) is 5.78 Å². The Morgan fingerprint density at radius 1 is 0.842 bits per heavy atom. The molecule has 8 rings (SSSR count). The molecule has 4 saturated carbocycles. The van der Waals surface area contributed by atoms with Gasteiger partial charge in [-0.25, -0.2) is 8.42 Å². The van der Waals surface area contributed by atoms with Crippen molar-refractivity contribution in [3.63, 3.8) is 0 Å². The zero-order chi connectivity index (χ0) is 40.8. The average molecular weight is 799 g/mol. The predicted octanol–water partition coefficient (Wildman–Crippen LogP) is 7.28. The van der Waals surface area contributed by atoms with Gasteiger partial charge in [-0.1, -0.05) is 77.9 Å². The van der Waals surface area contributed by atoms with Crippen molar-refractivity contribution in [2.45, 2.75) is 116 Å². The number of carbonyl (C=O) groups excluding carboxylic acids is 1. The second-order valence-electron chi connectivity index (χ2n) is 19.7. The third kappa shape index (κ3) is 6.85. The Morgan fingerprint density at radius 2 is 1.51 bits per heavy atom. The lowest BCUT2D eigenvalue weighted by Gasteiger charge is -2.61. The lowest BCUT2D eigenvalue weighted by atomic mass is 9.44. The first-order chi connectivity index (χ1) is 26.9. The molecule has 0 unspecified atom stereocenters. The van der Waals surface area contributed by atoms with Crippen molar-refractivity contribution in [2.24, 2.45) is 58.2 Å². The Kier molecular flexibility index (Phi) is 10.7. The normalized spacial score (nSPS) is 36.4. The fourth-order valence-electron chi connectivity index (χ4n) is 12.9. The van der Waals surface area contributed by atoms with Crippen LogP contribution in [-0.4, -0.2) is 70.0 Å². The molecule has 0 spiro atoms. The van der Waals surface area contributed by atoms with E-state index in [1.165, 1.54) is 0 Å². The van der Waals surface area contributed by atoms with Gasteiger partial charge in [0.05, 0.1) is 29.3 Å². The second kappa shape index (κ2) is 14.9. The minimum absolute atomic E-state index is 0.0703. The molecule has 3 aromatic rings. The summed E-state index contributed by atoms with van der Waals surface area (Å²) >= 11 is 0. The molecule has 57 heavy (non-hydrogen) atoms.